The molecular weight excluding hydrogens is 202 g/mol. The molecule has 0 N–H and O–H groups in total. The second kappa shape index (κ2) is 4.82. The Hall–Kier alpha value is -1.79. The molecule has 81 valence electrons. The molecule has 1 saturated heterocycles. The fourth-order valence-corrected chi connectivity index (χ4v) is 1.65. The summed E-state index contributed by atoms with van der Waals surface area (Å²) in [6, 6.07) is 6.91. The number of ether oxygens (including phenoxy) is 1. The predicted molar refractivity (Wildman–Crippen MR) is 59.4 cm³/mol. The first-order valence-electron chi connectivity index (χ1n) is 5.21. The number of amides is 1. The molecule has 0 unspecified atom stereocenters. The van der Waals surface area contributed by atoms with E-state index in [2.05, 4.69) is 5.92 Å². The van der Waals surface area contributed by atoms with Gasteiger partial charge in [-0.25, -0.2) is 0 Å². The Morgan fingerprint density at radius 1 is 1.25 bits per heavy atom. The van der Waals surface area contributed by atoms with Crippen molar-refractivity contribution in [3.05, 3.63) is 41.8 Å². The number of benzene rings is 1. The molecule has 0 spiro atoms. The average molecular weight is 214 g/mol. The topological polar surface area (TPSA) is 29.5 Å². The van der Waals surface area contributed by atoms with Crippen LogP contribution in [0.5, 0.6) is 0 Å². The molecule has 0 saturated carbocycles. The lowest BCUT2D eigenvalue weighted by atomic mass is 10.1. The van der Waals surface area contributed by atoms with E-state index in [1.807, 2.05) is 0 Å². The summed E-state index contributed by atoms with van der Waals surface area (Å²) in [5.41, 5.74) is 1.33. The zero-order chi connectivity index (χ0) is 11.4. The molecule has 2 rings (SSSR count). The zero-order valence-electron chi connectivity index (χ0n) is 8.90. The summed E-state index contributed by atoms with van der Waals surface area (Å²) in [4.78, 5) is 13.8. The molecule has 3 heteroatoms. The highest BCUT2D eigenvalue weighted by atomic mass is 16.5. The van der Waals surface area contributed by atoms with Gasteiger partial charge in [0.2, 0.25) is 0 Å². The van der Waals surface area contributed by atoms with Gasteiger partial charge in [0, 0.05) is 24.2 Å². The Balaban J connectivity index is 2.11. The van der Waals surface area contributed by atoms with Crippen molar-refractivity contribution in [2.75, 3.05) is 26.3 Å². The van der Waals surface area contributed by atoms with Crippen LogP contribution >= 0.6 is 0 Å². The SMILES string of the molecule is [C]#Cc1ccc(C(=O)N2CCOCC2)cc1. The van der Waals surface area contributed by atoms with Gasteiger partial charge in [-0.1, -0.05) is 5.92 Å². The van der Waals surface area contributed by atoms with E-state index >= 15 is 0 Å². The lowest BCUT2D eigenvalue weighted by Gasteiger charge is -2.26. The van der Waals surface area contributed by atoms with Crippen molar-refractivity contribution in [2.24, 2.45) is 0 Å². The third kappa shape index (κ3) is 2.23. The Labute approximate surface area is 95.0 Å². The van der Waals surface area contributed by atoms with Crippen LogP contribution in [-0.2, 0) is 4.74 Å². The highest BCUT2D eigenvalue weighted by Gasteiger charge is 2.17. The van der Waals surface area contributed by atoms with Gasteiger partial charge in [-0.15, -0.1) is 0 Å². The zero-order valence-corrected chi connectivity index (χ0v) is 8.90. The first kappa shape index (κ1) is 10.7. The van der Waals surface area contributed by atoms with Gasteiger partial charge in [0.25, 0.3) is 5.91 Å². The minimum Gasteiger partial charge on any atom is -0.378 e. The molecule has 3 nitrogen and oxygen atoms in total. The first-order valence-corrected chi connectivity index (χ1v) is 5.21. The van der Waals surface area contributed by atoms with Crippen LogP contribution in [0.4, 0.5) is 0 Å². The standard InChI is InChI=1S/C13H12NO2/c1-2-11-3-5-12(6-4-11)13(15)14-7-9-16-10-8-14/h3-6H,7-10H2. The van der Waals surface area contributed by atoms with Crippen molar-refractivity contribution in [3.8, 4) is 5.92 Å². The van der Waals surface area contributed by atoms with Gasteiger partial charge in [0.1, 0.15) is 0 Å². The summed E-state index contributed by atoms with van der Waals surface area (Å²) in [5, 5.41) is 0. The summed E-state index contributed by atoms with van der Waals surface area (Å²) in [6.07, 6.45) is 6.96. The molecule has 0 bridgehead atoms. The fourth-order valence-electron chi connectivity index (χ4n) is 1.65. The normalized spacial score (nSPS) is 15.6. The summed E-state index contributed by atoms with van der Waals surface area (Å²) in [7, 11) is 0. The molecule has 1 aliphatic rings. The van der Waals surface area contributed by atoms with Crippen molar-refractivity contribution >= 4 is 5.91 Å². The molecule has 1 amide bonds. The fraction of sp³-hybridized carbons (Fsp3) is 0.308. The van der Waals surface area contributed by atoms with E-state index in [1.165, 1.54) is 0 Å². The number of carbonyl (C=O) groups is 1. The van der Waals surface area contributed by atoms with Gasteiger partial charge in [-0.2, -0.15) is 0 Å². The molecule has 1 aromatic carbocycles. The van der Waals surface area contributed by atoms with Crippen molar-refractivity contribution in [2.45, 2.75) is 0 Å². The van der Waals surface area contributed by atoms with Crippen LogP contribution in [0.15, 0.2) is 24.3 Å². The molecule has 0 atom stereocenters. The van der Waals surface area contributed by atoms with Crippen molar-refractivity contribution in [1.82, 2.24) is 4.90 Å². The number of morpholine rings is 1. The maximum Gasteiger partial charge on any atom is 0.254 e. The summed E-state index contributed by atoms with van der Waals surface area (Å²) in [6.45, 7) is 2.52. The number of rotatable bonds is 1. The van der Waals surface area contributed by atoms with Crippen molar-refractivity contribution in [1.29, 1.82) is 0 Å². The summed E-state index contributed by atoms with van der Waals surface area (Å²) < 4.78 is 5.19. The van der Waals surface area contributed by atoms with Gasteiger partial charge in [0.15, 0.2) is 0 Å². The van der Waals surface area contributed by atoms with E-state index in [0.717, 1.165) is 0 Å². The van der Waals surface area contributed by atoms with Crippen LogP contribution in [-0.4, -0.2) is 37.1 Å². The second-order valence-electron chi connectivity index (χ2n) is 3.61. The van der Waals surface area contributed by atoms with E-state index in [1.54, 1.807) is 29.2 Å². The Kier molecular flexibility index (Phi) is 3.23. The average Bonchev–Trinajstić information content (AvgIpc) is 2.39. The largest absolute Gasteiger partial charge is 0.378 e. The van der Waals surface area contributed by atoms with Crippen LogP contribution in [0.1, 0.15) is 15.9 Å². The maximum absolute atomic E-state index is 12.0. The van der Waals surface area contributed by atoms with Crippen LogP contribution in [0.25, 0.3) is 0 Å². The maximum atomic E-state index is 12.0. The predicted octanol–water partition coefficient (Wildman–Crippen LogP) is 1.10. The third-order valence-corrected chi connectivity index (χ3v) is 2.57. The van der Waals surface area contributed by atoms with E-state index in [-0.39, 0.29) is 5.91 Å². The van der Waals surface area contributed by atoms with Crippen LogP contribution in [0, 0.1) is 12.3 Å². The molecule has 16 heavy (non-hydrogen) atoms. The van der Waals surface area contributed by atoms with Crippen molar-refractivity contribution < 1.29 is 9.53 Å². The summed E-state index contributed by atoms with van der Waals surface area (Å²) in [5.74, 6) is 2.31. The molecule has 1 heterocycles. The van der Waals surface area contributed by atoms with E-state index in [9.17, 15) is 4.79 Å². The van der Waals surface area contributed by atoms with Crippen LogP contribution in [0.2, 0.25) is 0 Å². The molecular formula is C13H12NO2. The van der Waals surface area contributed by atoms with Gasteiger partial charge >= 0.3 is 0 Å². The van der Waals surface area contributed by atoms with Gasteiger partial charge in [-0.3, -0.25) is 4.79 Å². The monoisotopic (exact) mass is 214 g/mol. The molecule has 1 aromatic rings. The highest BCUT2D eigenvalue weighted by molar-refractivity contribution is 5.94. The molecule has 0 aliphatic carbocycles. The van der Waals surface area contributed by atoms with Crippen LogP contribution < -0.4 is 0 Å². The molecule has 1 aliphatic heterocycles. The van der Waals surface area contributed by atoms with Gasteiger partial charge < -0.3 is 9.64 Å². The van der Waals surface area contributed by atoms with Gasteiger partial charge in [-0.05, 0) is 30.7 Å². The van der Waals surface area contributed by atoms with E-state index in [4.69, 9.17) is 11.2 Å². The van der Waals surface area contributed by atoms with E-state index in [0.29, 0.717) is 37.4 Å². The first-order chi connectivity index (χ1) is 7.81. The Morgan fingerprint density at radius 3 is 2.44 bits per heavy atom. The minimum atomic E-state index is 0.0276. The van der Waals surface area contributed by atoms with Crippen molar-refractivity contribution in [3.63, 3.8) is 0 Å². The lowest BCUT2D eigenvalue weighted by molar-refractivity contribution is 0.0303. The Bertz CT molecular complexity index is 411. The third-order valence-electron chi connectivity index (χ3n) is 2.57. The van der Waals surface area contributed by atoms with Crippen LogP contribution in [0.3, 0.4) is 0 Å². The molecule has 1 fully saturated rings. The minimum absolute atomic E-state index is 0.0276. The number of hydrogen-bond acceptors (Lipinski definition) is 2. The number of carbonyl (C=O) groups excluding carboxylic acids is 1. The number of nitrogens with zero attached hydrogens (tertiary/aromatic N) is 1. The van der Waals surface area contributed by atoms with Gasteiger partial charge in [0.05, 0.1) is 13.2 Å². The van der Waals surface area contributed by atoms with E-state index < -0.39 is 0 Å². The second-order valence-corrected chi connectivity index (χ2v) is 3.61. The lowest BCUT2D eigenvalue weighted by Crippen LogP contribution is -2.40. The Morgan fingerprint density at radius 2 is 1.88 bits per heavy atom. The molecule has 1 radical (unpaired) electrons. The smallest absolute Gasteiger partial charge is 0.254 e. The molecule has 0 aromatic heterocycles. The summed E-state index contributed by atoms with van der Waals surface area (Å²) >= 11 is 0. The quantitative estimate of drug-likeness (QED) is 0.655. The highest BCUT2D eigenvalue weighted by Crippen LogP contribution is 2.08. The number of hydrogen-bond donors (Lipinski definition) is 0.